The van der Waals surface area contributed by atoms with Crippen molar-refractivity contribution < 1.29 is 14.6 Å². The molecule has 2 aromatic heterocycles. The number of nitrogens with zero attached hydrogens (tertiary/aromatic N) is 3. The summed E-state index contributed by atoms with van der Waals surface area (Å²) in [5.74, 6) is 1.23. The first-order valence-corrected chi connectivity index (χ1v) is 13.4. The number of carbonyl (C=O) groups is 1. The smallest absolute Gasteiger partial charge is 0.343 e. The maximum Gasteiger partial charge on any atom is 0.343 e. The fourth-order valence-corrected chi connectivity index (χ4v) is 5.34. The highest BCUT2D eigenvalue weighted by Crippen LogP contribution is 2.38. The van der Waals surface area contributed by atoms with Gasteiger partial charge in [0.25, 0.3) is 5.56 Å². The van der Waals surface area contributed by atoms with Crippen molar-refractivity contribution >= 4 is 64.1 Å². The minimum atomic E-state index is -1.79. The predicted octanol–water partition coefficient (Wildman–Crippen LogP) is 4.51. The van der Waals surface area contributed by atoms with Crippen LogP contribution < -0.4 is 5.56 Å². The van der Waals surface area contributed by atoms with Crippen LogP contribution in [0.5, 0.6) is 0 Å². The fourth-order valence-electron chi connectivity index (χ4n) is 4.62. The number of hydrogen-bond donors (Lipinski definition) is 1. The SMILES string of the molecule is CCC1(O)C(=O)OCc2c1cc1n(c2=O)Cc2cc3ccccc3nc2-1.Cl.ClCCN(CCCl)CCCl. The van der Waals surface area contributed by atoms with Crippen LogP contribution in [0.1, 0.15) is 30.0 Å². The summed E-state index contributed by atoms with van der Waals surface area (Å²) in [6.07, 6.45) is 0.139. The van der Waals surface area contributed by atoms with E-state index in [0.29, 0.717) is 41.0 Å². The van der Waals surface area contributed by atoms with E-state index in [1.54, 1.807) is 17.6 Å². The number of ether oxygens (including phenoxy) is 1. The highest BCUT2D eigenvalue weighted by molar-refractivity contribution is 6.18. The number of benzene rings is 1. The molecule has 0 fully saturated rings. The molecule has 7 nitrogen and oxygen atoms in total. The molecule has 4 heterocycles. The Balaban J connectivity index is 0.000000298. The monoisotopic (exact) mass is 587 g/mol. The van der Waals surface area contributed by atoms with E-state index >= 15 is 0 Å². The van der Waals surface area contributed by atoms with Crippen molar-refractivity contribution in [2.45, 2.75) is 32.1 Å². The first-order chi connectivity index (χ1) is 17.4. The van der Waals surface area contributed by atoms with Crippen molar-refractivity contribution in [2.75, 3.05) is 37.3 Å². The molecule has 1 atom stereocenters. The molecule has 0 spiro atoms. The Kier molecular flexibility index (Phi) is 10.3. The second kappa shape index (κ2) is 12.8. The first-order valence-electron chi connectivity index (χ1n) is 11.8. The topological polar surface area (TPSA) is 84.7 Å². The zero-order valence-corrected chi connectivity index (χ0v) is 23.5. The molecule has 2 aliphatic rings. The molecule has 11 heteroatoms. The maximum absolute atomic E-state index is 13.0. The third kappa shape index (κ3) is 5.77. The van der Waals surface area contributed by atoms with Gasteiger partial charge in [0.2, 0.25) is 0 Å². The number of alkyl halides is 3. The lowest BCUT2D eigenvalue weighted by Gasteiger charge is -2.31. The van der Waals surface area contributed by atoms with Gasteiger partial charge < -0.3 is 14.4 Å². The molecule has 0 radical (unpaired) electrons. The zero-order chi connectivity index (χ0) is 25.9. The minimum absolute atomic E-state index is 0. The van der Waals surface area contributed by atoms with E-state index in [9.17, 15) is 14.7 Å². The quantitative estimate of drug-likeness (QED) is 0.253. The maximum atomic E-state index is 13.0. The Morgan fingerprint density at radius 2 is 1.73 bits per heavy atom. The van der Waals surface area contributed by atoms with Crippen molar-refractivity contribution in [3.05, 3.63) is 63.4 Å². The molecule has 1 unspecified atom stereocenters. The minimum Gasteiger partial charge on any atom is -0.458 e. The van der Waals surface area contributed by atoms with Gasteiger partial charge in [-0.25, -0.2) is 9.78 Å². The molecule has 37 heavy (non-hydrogen) atoms. The lowest BCUT2D eigenvalue weighted by molar-refractivity contribution is -0.172. The zero-order valence-electron chi connectivity index (χ0n) is 20.4. The van der Waals surface area contributed by atoms with Crippen molar-refractivity contribution in [1.82, 2.24) is 14.5 Å². The third-order valence-corrected chi connectivity index (χ3v) is 7.13. The Labute approximate surface area is 236 Å². The number of fused-ring (bicyclic) bond motifs is 5. The second-order valence-electron chi connectivity index (χ2n) is 8.70. The van der Waals surface area contributed by atoms with Gasteiger partial charge in [0, 0.05) is 53.8 Å². The molecule has 200 valence electrons. The summed E-state index contributed by atoms with van der Waals surface area (Å²) in [5.41, 5.74) is 1.81. The van der Waals surface area contributed by atoms with Crippen molar-refractivity contribution in [3.63, 3.8) is 0 Å². The molecule has 0 saturated carbocycles. The Morgan fingerprint density at radius 1 is 1.08 bits per heavy atom. The summed E-state index contributed by atoms with van der Waals surface area (Å²) in [6.45, 7) is 4.64. The number of cyclic esters (lactones) is 1. The number of carbonyl (C=O) groups excluding carboxylic acids is 1. The molecule has 0 aliphatic carbocycles. The predicted molar refractivity (Wildman–Crippen MR) is 150 cm³/mol. The van der Waals surface area contributed by atoms with Crippen LogP contribution in [0.15, 0.2) is 41.2 Å². The van der Waals surface area contributed by atoms with Crippen LogP contribution in [0.25, 0.3) is 22.3 Å². The Bertz CT molecular complexity index is 1320. The van der Waals surface area contributed by atoms with Gasteiger partial charge in [0.15, 0.2) is 5.60 Å². The first kappa shape index (κ1) is 29.7. The summed E-state index contributed by atoms with van der Waals surface area (Å²) in [4.78, 5) is 32.0. The second-order valence-corrected chi connectivity index (χ2v) is 9.83. The number of rotatable bonds is 7. The van der Waals surface area contributed by atoms with Crippen molar-refractivity contribution in [3.8, 4) is 11.4 Å². The van der Waals surface area contributed by atoms with Crippen LogP contribution in [0, 0.1) is 0 Å². The van der Waals surface area contributed by atoms with E-state index in [2.05, 4.69) is 4.90 Å². The molecular weight excluding hydrogens is 560 g/mol. The van der Waals surface area contributed by atoms with Crippen LogP contribution in [-0.2, 0) is 28.3 Å². The number of esters is 1. The largest absolute Gasteiger partial charge is 0.458 e. The highest BCUT2D eigenvalue weighted by Gasteiger charge is 2.45. The van der Waals surface area contributed by atoms with Gasteiger partial charge in [-0.3, -0.25) is 9.69 Å². The molecule has 2 aliphatic heterocycles. The van der Waals surface area contributed by atoms with Gasteiger partial charge in [-0.15, -0.1) is 47.2 Å². The normalized spacial score (nSPS) is 17.3. The lowest BCUT2D eigenvalue weighted by atomic mass is 9.86. The average Bonchev–Trinajstić information content (AvgIpc) is 3.24. The van der Waals surface area contributed by atoms with Gasteiger partial charge in [0.05, 0.1) is 29.0 Å². The Morgan fingerprint density at radius 3 is 2.35 bits per heavy atom. The summed E-state index contributed by atoms with van der Waals surface area (Å²) in [5, 5.41) is 11.8. The number of halogens is 4. The van der Waals surface area contributed by atoms with E-state index in [-0.39, 0.29) is 31.0 Å². The van der Waals surface area contributed by atoms with Crippen LogP contribution in [0.4, 0.5) is 0 Å². The number of pyridine rings is 2. The number of para-hydroxylation sites is 1. The van der Waals surface area contributed by atoms with Crippen LogP contribution in [-0.4, -0.2) is 62.8 Å². The molecule has 5 rings (SSSR count). The summed E-state index contributed by atoms with van der Waals surface area (Å²) in [6, 6.07) is 11.6. The van der Waals surface area contributed by atoms with Gasteiger partial charge in [-0.1, -0.05) is 25.1 Å². The van der Waals surface area contributed by atoms with E-state index in [1.807, 2.05) is 30.3 Å². The fraction of sp³-hybridized carbons (Fsp3) is 0.423. The van der Waals surface area contributed by atoms with Crippen LogP contribution in [0.3, 0.4) is 0 Å². The Hall–Kier alpha value is -1.87. The lowest BCUT2D eigenvalue weighted by Crippen LogP contribution is -2.44. The molecular formula is C26H29Cl4N3O4. The molecule has 0 saturated heterocycles. The van der Waals surface area contributed by atoms with Crippen molar-refractivity contribution in [1.29, 1.82) is 0 Å². The van der Waals surface area contributed by atoms with E-state index < -0.39 is 11.6 Å². The molecule has 1 aromatic carbocycles. The standard InChI is InChI=1S/C20H16N2O4.C6H12Cl3N.ClH/c1-2-20(25)14-8-16-17-12(7-11-5-3-4-6-15(11)21-17)9-22(16)18(23)13(14)10-26-19(20)24;7-1-4-10(5-2-8)6-3-9;/h3-8,25H,2,9-10H2,1H3;1-6H2;1H. The van der Waals surface area contributed by atoms with Gasteiger partial charge in [-0.05, 0) is 24.6 Å². The number of hydrogen-bond acceptors (Lipinski definition) is 6. The summed E-state index contributed by atoms with van der Waals surface area (Å²) >= 11 is 16.6. The number of aromatic nitrogens is 2. The molecule has 0 bridgehead atoms. The van der Waals surface area contributed by atoms with E-state index in [0.717, 1.165) is 41.8 Å². The molecule has 1 N–H and O–H groups in total. The third-order valence-electron chi connectivity index (χ3n) is 6.62. The summed E-state index contributed by atoms with van der Waals surface area (Å²) in [7, 11) is 0. The van der Waals surface area contributed by atoms with E-state index in [1.165, 1.54) is 0 Å². The van der Waals surface area contributed by atoms with Crippen LogP contribution in [0.2, 0.25) is 0 Å². The van der Waals surface area contributed by atoms with E-state index in [4.69, 9.17) is 44.5 Å². The van der Waals surface area contributed by atoms with Crippen LogP contribution >= 0.6 is 47.2 Å². The van der Waals surface area contributed by atoms with Gasteiger partial charge in [0.1, 0.15) is 6.61 Å². The average molecular weight is 589 g/mol. The summed E-state index contributed by atoms with van der Waals surface area (Å²) < 4.78 is 6.72. The number of aliphatic hydroxyl groups is 1. The van der Waals surface area contributed by atoms with Crippen molar-refractivity contribution in [2.24, 2.45) is 0 Å². The van der Waals surface area contributed by atoms with Gasteiger partial charge in [-0.2, -0.15) is 0 Å². The van der Waals surface area contributed by atoms with Gasteiger partial charge >= 0.3 is 5.97 Å². The highest BCUT2D eigenvalue weighted by atomic mass is 35.5. The molecule has 0 amide bonds. The molecule has 3 aromatic rings.